The molecule has 0 radical (unpaired) electrons. The monoisotopic (exact) mass is 274 g/mol. The average Bonchev–Trinajstić information content (AvgIpc) is 3.32. The molecule has 1 aromatic carbocycles. The highest BCUT2D eigenvalue weighted by atomic mass is 15.2. The molecule has 0 heterocycles. The summed E-state index contributed by atoms with van der Waals surface area (Å²) in [4.78, 5) is 2.64. The highest BCUT2D eigenvalue weighted by Gasteiger charge is 2.30. The van der Waals surface area contributed by atoms with Crippen LogP contribution in [0.1, 0.15) is 57.9 Å². The zero-order valence-corrected chi connectivity index (χ0v) is 13.1. The number of nitrogens with two attached hydrogens (primary N) is 1. The van der Waals surface area contributed by atoms with Gasteiger partial charge in [-0.1, -0.05) is 45.2 Å². The molecule has 1 aromatic rings. The molecule has 2 rings (SSSR count). The SMILES string of the molecule is CCCCC(CC)CN(c1ccc(CN)cc1)C1CC1. The highest BCUT2D eigenvalue weighted by molar-refractivity contribution is 5.49. The average molecular weight is 274 g/mol. The van der Waals surface area contributed by atoms with Crippen molar-refractivity contribution in [1.29, 1.82) is 0 Å². The van der Waals surface area contributed by atoms with Gasteiger partial charge in [-0.05, 0) is 42.9 Å². The topological polar surface area (TPSA) is 29.3 Å². The predicted octanol–water partition coefficient (Wildman–Crippen LogP) is 4.33. The molecule has 1 atom stereocenters. The Bertz CT molecular complexity index is 381. The minimum absolute atomic E-state index is 0.637. The summed E-state index contributed by atoms with van der Waals surface area (Å²) in [5, 5.41) is 0. The van der Waals surface area contributed by atoms with E-state index in [9.17, 15) is 0 Å². The number of hydrogen-bond acceptors (Lipinski definition) is 2. The first-order chi connectivity index (χ1) is 9.78. The van der Waals surface area contributed by atoms with Crippen LogP contribution < -0.4 is 10.6 Å². The lowest BCUT2D eigenvalue weighted by Crippen LogP contribution is -2.31. The van der Waals surface area contributed by atoms with E-state index >= 15 is 0 Å². The Morgan fingerprint density at radius 2 is 1.90 bits per heavy atom. The zero-order valence-electron chi connectivity index (χ0n) is 13.1. The van der Waals surface area contributed by atoms with Crippen LogP contribution in [-0.4, -0.2) is 12.6 Å². The van der Waals surface area contributed by atoms with E-state index in [0.29, 0.717) is 6.54 Å². The molecule has 2 N–H and O–H groups in total. The van der Waals surface area contributed by atoms with Gasteiger partial charge < -0.3 is 10.6 Å². The molecule has 20 heavy (non-hydrogen) atoms. The number of hydrogen-bond donors (Lipinski definition) is 1. The van der Waals surface area contributed by atoms with Crippen LogP contribution in [0, 0.1) is 5.92 Å². The fourth-order valence-corrected chi connectivity index (χ4v) is 2.87. The molecule has 0 saturated heterocycles. The van der Waals surface area contributed by atoms with E-state index in [1.807, 2.05) is 0 Å². The summed E-state index contributed by atoms with van der Waals surface area (Å²) in [5.74, 6) is 0.838. The van der Waals surface area contributed by atoms with Gasteiger partial charge in [0.1, 0.15) is 0 Å². The van der Waals surface area contributed by atoms with Crippen molar-refractivity contribution in [2.75, 3.05) is 11.4 Å². The summed E-state index contributed by atoms with van der Waals surface area (Å²) >= 11 is 0. The normalized spacial score (nSPS) is 16.1. The molecule has 0 aliphatic heterocycles. The van der Waals surface area contributed by atoms with E-state index in [4.69, 9.17) is 5.73 Å². The van der Waals surface area contributed by atoms with Crippen molar-refractivity contribution in [2.45, 2.75) is 65.0 Å². The van der Waals surface area contributed by atoms with Gasteiger partial charge in [0.15, 0.2) is 0 Å². The maximum Gasteiger partial charge on any atom is 0.0368 e. The third-order valence-corrected chi connectivity index (χ3v) is 4.49. The second-order valence-electron chi connectivity index (χ2n) is 6.17. The zero-order chi connectivity index (χ0) is 14.4. The Morgan fingerprint density at radius 1 is 1.20 bits per heavy atom. The van der Waals surface area contributed by atoms with E-state index in [0.717, 1.165) is 12.0 Å². The van der Waals surface area contributed by atoms with Gasteiger partial charge in [0.25, 0.3) is 0 Å². The van der Waals surface area contributed by atoms with Gasteiger partial charge in [-0.3, -0.25) is 0 Å². The van der Waals surface area contributed by atoms with Crippen LogP contribution in [0.15, 0.2) is 24.3 Å². The molecule has 112 valence electrons. The fraction of sp³-hybridized carbons (Fsp3) is 0.667. The van der Waals surface area contributed by atoms with Gasteiger partial charge in [-0.2, -0.15) is 0 Å². The standard InChI is InChI=1S/C18H30N2/c1-3-5-6-15(4-2)14-20(18-11-12-18)17-9-7-16(13-19)8-10-17/h7-10,15,18H,3-6,11-14,19H2,1-2H3. The maximum absolute atomic E-state index is 5.69. The molecule has 1 saturated carbocycles. The third-order valence-electron chi connectivity index (χ3n) is 4.49. The molecule has 1 aliphatic rings. The first-order valence-corrected chi connectivity index (χ1v) is 8.34. The Morgan fingerprint density at radius 3 is 2.40 bits per heavy atom. The number of unbranched alkanes of at least 4 members (excludes halogenated alkanes) is 1. The van der Waals surface area contributed by atoms with Crippen LogP contribution in [0.5, 0.6) is 0 Å². The first-order valence-electron chi connectivity index (χ1n) is 8.34. The van der Waals surface area contributed by atoms with Gasteiger partial charge in [0.2, 0.25) is 0 Å². The summed E-state index contributed by atoms with van der Waals surface area (Å²) in [6.45, 7) is 6.49. The third kappa shape index (κ3) is 4.24. The minimum Gasteiger partial charge on any atom is -0.368 e. The molecule has 1 aliphatic carbocycles. The Kier molecular flexibility index (Phi) is 5.90. The van der Waals surface area contributed by atoms with Crippen LogP contribution >= 0.6 is 0 Å². The Labute approximate surface area is 124 Å². The van der Waals surface area contributed by atoms with Crippen molar-refractivity contribution in [3.05, 3.63) is 29.8 Å². The molecular weight excluding hydrogens is 244 g/mol. The summed E-state index contributed by atoms with van der Waals surface area (Å²) in [7, 11) is 0. The van der Waals surface area contributed by atoms with Crippen molar-refractivity contribution in [1.82, 2.24) is 0 Å². The van der Waals surface area contributed by atoms with E-state index in [1.54, 1.807) is 0 Å². The number of anilines is 1. The fourth-order valence-electron chi connectivity index (χ4n) is 2.87. The number of nitrogens with zero attached hydrogens (tertiary/aromatic N) is 1. The van der Waals surface area contributed by atoms with Gasteiger partial charge >= 0.3 is 0 Å². The smallest absolute Gasteiger partial charge is 0.0368 e. The van der Waals surface area contributed by atoms with Gasteiger partial charge in [-0.15, -0.1) is 0 Å². The molecule has 1 fully saturated rings. The van der Waals surface area contributed by atoms with Gasteiger partial charge in [-0.25, -0.2) is 0 Å². The van der Waals surface area contributed by atoms with E-state index in [-0.39, 0.29) is 0 Å². The molecule has 0 amide bonds. The highest BCUT2D eigenvalue weighted by Crippen LogP contribution is 2.33. The molecule has 0 aromatic heterocycles. The quantitative estimate of drug-likeness (QED) is 0.726. The second-order valence-corrected chi connectivity index (χ2v) is 6.17. The lowest BCUT2D eigenvalue weighted by atomic mass is 9.98. The van der Waals surface area contributed by atoms with Crippen molar-refractivity contribution in [2.24, 2.45) is 11.7 Å². The van der Waals surface area contributed by atoms with Crippen LogP contribution in [-0.2, 0) is 6.54 Å². The molecule has 0 spiro atoms. The van der Waals surface area contributed by atoms with Crippen LogP contribution in [0.25, 0.3) is 0 Å². The lowest BCUT2D eigenvalue weighted by Gasteiger charge is -2.29. The van der Waals surface area contributed by atoms with Crippen molar-refractivity contribution in [3.63, 3.8) is 0 Å². The molecule has 2 heteroatoms. The van der Waals surface area contributed by atoms with Crippen LogP contribution in [0.3, 0.4) is 0 Å². The van der Waals surface area contributed by atoms with Crippen LogP contribution in [0.2, 0.25) is 0 Å². The van der Waals surface area contributed by atoms with Crippen molar-refractivity contribution >= 4 is 5.69 Å². The first kappa shape index (κ1) is 15.4. The van der Waals surface area contributed by atoms with E-state index in [1.165, 1.54) is 56.3 Å². The predicted molar refractivity (Wildman–Crippen MR) is 88.0 cm³/mol. The number of rotatable bonds is 9. The molecule has 2 nitrogen and oxygen atoms in total. The second kappa shape index (κ2) is 7.68. The lowest BCUT2D eigenvalue weighted by molar-refractivity contribution is 0.444. The molecule has 1 unspecified atom stereocenters. The van der Waals surface area contributed by atoms with E-state index in [2.05, 4.69) is 43.0 Å². The van der Waals surface area contributed by atoms with Crippen molar-refractivity contribution in [3.8, 4) is 0 Å². The van der Waals surface area contributed by atoms with E-state index < -0.39 is 0 Å². The summed E-state index contributed by atoms with van der Waals surface area (Å²) < 4.78 is 0. The molecular formula is C18H30N2. The summed E-state index contributed by atoms with van der Waals surface area (Å²) in [6.07, 6.45) is 8.07. The largest absolute Gasteiger partial charge is 0.368 e. The maximum atomic E-state index is 5.69. The van der Waals surface area contributed by atoms with Gasteiger partial charge in [0, 0.05) is 24.8 Å². The van der Waals surface area contributed by atoms with Crippen LogP contribution in [0.4, 0.5) is 5.69 Å². The van der Waals surface area contributed by atoms with Gasteiger partial charge in [0.05, 0.1) is 0 Å². The Hall–Kier alpha value is -1.02. The number of benzene rings is 1. The molecule has 0 bridgehead atoms. The summed E-state index contributed by atoms with van der Waals surface area (Å²) in [5.41, 5.74) is 8.30. The van der Waals surface area contributed by atoms with Crippen molar-refractivity contribution < 1.29 is 0 Å². The summed E-state index contributed by atoms with van der Waals surface area (Å²) in [6, 6.07) is 9.66. The minimum atomic E-state index is 0.637. The Balaban J connectivity index is 2.01.